The van der Waals surface area contributed by atoms with Crippen molar-refractivity contribution in [2.75, 3.05) is 6.54 Å². The molecule has 0 unspecified atom stereocenters. The summed E-state index contributed by atoms with van der Waals surface area (Å²) in [5.41, 5.74) is 1.99. The number of fused-ring (bicyclic) bond motifs is 1. The third kappa shape index (κ3) is 2.57. The highest BCUT2D eigenvalue weighted by Gasteiger charge is 2.60. The smallest absolute Gasteiger partial charge is 0.244 e. The maximum absolute atomic E-state index is 13.3. The lowest BCUT2D eigenvalue weighted by Crippen LogP contribution is -2.55. The van der Waals surface area contributed by atoms with Crippen LogP contribution in [0.1, 0.15) is 57.3 Å². The molecule has 3 aliphatic rings. The number of piperidine rings is 1. The van der Waals surface area contributed by atoms with Crippen LogP contribution < -0.4 is 0 Å². The van der Waals surface area contributed by atoms with Gasteiger partial charge in [0.1, 0.15) is 6.54 Å². The predicted molar refractivity (Wildman–Crippen MR) is 98.5 cm³/mol. The average molecular weight is 358 g/mol. The number of carbonyl (C=O) groups excluding carboxylic acids is 2. The molecule has 1 aromatic heterocycles. The Hall–Kier alpha value is -1.85. The van der Waals surface area contributed by atoms with Crippen LogP contribution in [0.3, 0.4) is 0 Å². The van der Waals surface area contributed by atoms with Gasteiger partial charge in [-0.3, -0.25) is 14.3 Å². The molecule has 3 heterocycles. The van der Waals surface area contributed by atoms with Crippen molar-refractivity contribution in [3.63, 3.8) is 0 Å². The van der Waals surface area contributed by atoms with Gasteiger partial charge in [-0.05, 0) is 39.2 Å². The molecular weight excluding hydrogens is 328 g/mol. The van der Waals surface area contributed by atoms with Crippen LogP contribution in [0.2, 0.25) is 0 Å². The van der Waals surface area contributed by atoms with E-state index < -0.39 is 0 Å². The van der Waals surface area contributed by atoms with Crippen molar-refractivity contribution in [3.05, 3.63) is 17.5 Å². The van der Waals surface area contributed by atoms with Gasteiger partial charge in [-0.25, -0.2) is 0 Å². The second-order valence-corrected chi connectivity index (χ2v) is 8.74. The average Bonchev–Trinajstić information content (AvgIpc) is 2.92. The van der Waals surface area contributed by atoms with E-state index in [2.05, 4.69) is 21.8 Å². The molecule has 2 amide bonds. The second-order valence-electron chi connectivity index (χ2n) is 8.74. The van der Waals surface area contributed by atoms with Gasteiger partial charge in [-0.15, -0.1) is 0 Å². The molecule has 3 fully saturated rings. The second kappa shape index (κ2) is 6.10. The van der Waals surface area contributed by atoms with E-state index in [0.717, 1.165) is 43.5 Å². The minimum absolute atomic E-state index is 0.0236. The Morgan fingerprint density at radius 3 is 2.54 bits per heavy atom. The SMILES string of the molecule is CC(=O)N1C[C@@H]2C[C@@]3(C)[C@H](CCCC[C@@H]13)N2C(=O)Cn1nc(C)cc1C. The molecule has 0 spiro atoms. The normalized spacial score (nSPS) is 33.3. The molecule has 0 radical (unpaired) electrons. The van der Waals surface area contributed by atoms with Crippen molar-refractivity contribution in [3.8, 4) is 0 Å². The van der Waals surface area contributed by atoms with E-state index in [4.69, 9.17) is 0 Å². The first-order valence-electron chi connectivity index (χ1n) is 9.90. The summed E-state index contributed by atoms with van der Waals surface area (Å²) in [5.74, 6) is 0.306. The third-order valence-electron chi connectivity index (χ3n) is 7.00. The van der Waals surface area contributed by atoms with Gasteiger partial charge < -0.3 is 9.80 Å². The maximum Gasteiger partial charge on any atom is 0.244 e. The summed E-state index contributed by atoms with van der Waals surface area (Å²) >= 11 is 0. The van der Waals surface area contributed by atoms with Gasteiger partial charge in [0.25, 0.3) is 0 Å². The van der Waals surface area contributed by atoms with Crippen molar-refractivity contribution in [1.29, 1.82) is 0 Å². The molecule has 2 saturated heterocycles. The van der Waals surface area contributed by atoms with Gasteiger partial charge in [0, 0.05) is 36.7 Å². The number of aromatic nitrogens is 2. The number of likely N-dealkylation sites (tertiary alicyclic amines) is 2. The van der Waals surface area contributed by atoms with E-state index in [-0.39, 0.29) is 35.4 Å². The number of amides is 2. The highest BCUT2D eigenvalue weighted by atomic mass is 16.2. The number of aryl methyl sites for hydroxylation is 2. The van der Waals surface area contributed by atoms with E-state index in [1.807, 2.05) is 24.6 Å². The van der Waals surface area contributed by atoms with Crippen molar-refractivity contribution in [1.82, 2.24) is 19.6 Å². The molecule has 1 aromatic rings. The van der Waals surface area contributed by atoms with Crippen LogP contribution in [-0.4, -0.2) is 56.1 Å². The largest absolute Gasteiger partial charge is 0.337 e. The molecule has 2 aliphatic heterocycles. The maximum atomic E-state index is 13.3. The van der Waals surface area contributed by atoms with Gasteiger partial charge in [0.15, 0.2) is 0 Å². The van der Waals surface area contributed by atoms with Crippen LogP contribution in [-0.2, 0) is 16.1 Å². The van der Waals surface area contributed by atoms with E-state index in [1.165, 1.54) is 0 Å². The van der Waals surface area contributed by atoms with Gasteiger partial charge in [0.05, 0.1) is 11.7 Å². The van der Waals surface area contributed by atoms with Gasteiger partial charge >= 0.3 is 0 Å². The third-order valence-corrected chi connectivity index (χ3v) is 7.00. The quantitative estimate of drug-likeness (QED) is 0.815. The van der Waals surface area contributed by atoms with Crippen molar-refractivity contribution >= 4 is 11.8 Å². The highest BCUT2D eigenvalue weighted by Crippen LogP contribution is 2.53. The van der Waals surface area contributed by atoms with Crippen LogP contribution in [0.15, 0.2) is 6.07 Å². The van der Waals surface area contributed by atoms with Crippen LogP contribution in [0.4, 0.5) is 0 Å². The highest BCUT2D eigenvalue weighted by molar-refractivity contribution is 5.78. The first-order valence-corrected chi connectivity index (χ1v) is 9.90. The molecule has 4 atom stereocenters. The molecular formula is C20H30N4O2. The zero-order valence-corrected chi connectivity index (χ0v) is 16.4. The molecule has 4 rings (SSSR count). The Labute approximate surface area is 155 Å². The summed E-state index contributed by atoms with van der Waals surface area (Å²) in [7, 11) is 0. The summed E-state index contributed by atoms with van der Waals surface area (Å²) in [5, 5.41) is 4.47. The standard InChI is InChI=1S/C20H30N4O2/c1-13-9-14(2)23(21-13)12-19(26)24-16-10-20(4)17(22(11-16)15(3)25)7-5-6-8-18(20)24/h9,16-18H,5-8,10-12H2,1-4H3/t16-,17+,18-,20+/m0/s1. The minimum Gasteiger partial charge on any atom is -0.337 e. The number of rotatable bonds is 2. The lowest BCUT2D eigenvalue weighted by molar-refractivity contribution is -0.138. The molecule has 26 heavy (non-hydrogen) atoms. The Morgan fingerprint density at radius 1 is 1.23 bits per heavy atom. The van der Waals surface area contributed by atoms with Gasteiger partial charge in [-0.1, -0.05) is 19.8 Å². The Kier molecular flexibility index (Phi) is 4.12. The fourth-order valence-corrected chi connectivity index (χ4v) is 5.94. The molecule has 142 valence electrons. The summed E-state index contributed by atoms with van der Waals surface area (Å²) in [6, 6.07) is 2.67. The molecule has 6 nitrogen and oxygen atoms in total. The van der Waals surface area contributed by atoms with Crippen LogP contribution in [0.25, 0.3) is 0 Å². The van der Waals surface area contributed by atoms with Crippen LogP contribution >= 0.6 is 0 Å². The van der Waals surface area contributed by atoms with Crippen LogP contribution in [0.5, 0.6) is 0 Å². The molecule has 0 N–H and O–H groups in total. The fourth-order valence-electron chi connectivity index (χ4n) is 5.94. The van der Waals surface area contributed by atoms with E-state index in [0.29, 0.717) is 13.1 Å². The zero-order valence-electron chi connectivity index (χ0n) is 16.4. The first-order chi connectivity index (χ1) is 12.3. The van der Waals surface area contributed by atoms with Crippen molar-refractivity contribution in [2.45, 2.75) is 84.5 Å². The number of carbonyl (C=O) groups is 2. The summed E-state index contributed by atoms with van der Waals surface area (Å²) < 4.78 is 1.82. The first kappa shape index (κ1) is 17.6. The van der Waals surface area contributed by atoms with Gasteiger partial charge in [-0.2, -0.15) is 5.10 Å². The minimum atomic E-state index is 0.0236. The van der Waals surface area contributed by atoms with Crippen molar-refractivity contribution in [2.24, 2.45) is 5.41 Å². The Bertz CT molecular complexity index is 742. The molecule has 1 aliphatic carbocycles. The Morgan fingerprint density at radius 2 is 1.92 bits per heavy atom. The molecule has 6 heteroatoms. The molecule has 0 aromatic carbocycles. The summed E-state index contributed by atoms with van der Waals surface area (Å²) in [6.45, 7) is 8.93. The Balaban J connectivity index is 1.65. The molecule has 1 saturated carbocycles. The predicted octanol–water partition coefficient (Wildman–Crippen LogP) is 2.28. The van der Waals surface area contributed by atoms with E-state index >= 15 is 0 Å². The van der Waals surface area contributed by atoms with E-state index in [9.17, 15) is 9.59 Å². The summed E-state index contributed by atoms with van der Waals surface area (Å²) in [4.78, 5) is 29.8. The lowest BCUT2D eigenvalue weighted by atomic mass is 9.71. The number of nitrogens with zero attached hydrogens (tertiary/aromatic N) is 4. The van der Waals surface area contributed by atoms with Crippen molar-refractivity contribution < 1.29 is 9.59 Å². The number of hydrogen-bond donors (Lipinski definition) is 0. The van der Waals surface area contributed by atoms with E-state index in [1.54, 1.807) is 6.92 Å². The fraction of sp³-hybridized carbons (Fsp3) is 0.750. The van der Waals surface area contributed by atoms with Crippen LogP contribution in [0, 0.1) is 19.3 Å². The topological polar surface area (TPSA) is 58.4 Å². The number of hydrogen-bond acceptors (Lipinski definition) is 3. The lowest BCUT2D eigenvalue weighted by Gasteiger charge is -2.46. The summed E-state index contributed by atoms with van der Waals surface area (Å²) in [6.07, 6.45) is 5.43. The monoisotopic (exact) mass is 358 g/mol. The van der Waals surface area contributed by atoms with Gasteiger partial charge in [0.2, 0.25) is 11.8 Å². The molecule has 2 bridgehead atoms. The zero-order chi connectivity index (χ0) is 18.6.